The number of aryl methyl sites for hydroxylation is 2. The van der Waals surface area contributed by atoms with Gasteiger partial charge in [0, 0.05) is 24.5 Å². The van der Waals surface area contributed by atoms with Crippen LogP contribution in [0, 0.1) is 5.82 Å². The van der Waals surface area contributed by atoms with E-state index in [-0.39, 0.29) is 11.7 Å². The Morgan fingerprint density at radius 2 is 1.88 bits per heavy atom. The van der Waals surface area contributed by atoms with Crippen LogP contribution >= 0.6 is 0 Å². The summed E-state index contributed by atoms with van der Waals surface area (Å²) in [6, 6.07) is 10.5. The molecule has 1 heterocycles. The quantitative estimate of drug-likeness (QED) is 0.713. The monoisotopic (exact) mass is 337 g/mol. The molecule has 1 aliphatic carbocycles. The number of halogens is 1. The summed E-state index contributed by atoms with van der Waals surface area (Å²) in [7, 11) is 1.77. The average Bonchev–Trinajstić information content (AvgIpc) is 3.21. The fraction of sp³-hybridized carbons (Fsp3) is 0.286. The van der Waals surface area contributed by atoms with Gasteiger partial charge in [0.05, 0.1) is 12.7 Å². The van der Waals surface area contributed by atoms with Gasteiger partial charge in [0.25, 0.3) is 0 Å². The zero-order valence-electron chi connectivity index (χ0n) is 14.2. The molecule has 3 nitrogen and oxygen atoms in total. The Kier molecular flexibility index (Phi) is 4.04. The van der Waals surface area contributed by atoms with Crippen LogP contribution in [0.1, 0.15) is 28.7 Å². The predicted molar refractivity (Wildman–Crippen MR) is 94.8 cm³/mol. The van der Waals surface area contributed by atoms with Crippen LogP contribution in [-0.4, -0.2) is 17.9 Å². The van der Waals surface area contributed by atoms with Crippen molar-refractivity contribution in [3.63, 3.8) is 0 Å². The largest absolute Gasteiger partial charge is 0.464 e. The fourth-order valence-electron chi connectivity index (χ4n) is 3.53. The van der Waals surface area contributed by atoms with Crippen molar-refractivity contribution in [2.75, 3.05) is 7.05 Å². The Bertz CT molecular complexity index is 927. The second-order valence-corrected chi connectivity index (χ2v) is 6.78. The molecule has 3 aromatic rings. The first kappa shape index (κ1) is 15.9. The van der Waals surface area contributed by atoms with Crippen LogP contribution in [0.3, 0.4) is 0 Å². The lowest BCUT2D eigenvalue weighted by Crippen LogP contribution is -2.27. The van der Waals surface area contributed by atoms with E-state index in [9.17, 15) is 9.18 Å². The van der Waals surface area contributed by atoms with Crippen molar-refractivity contribution in [2.45, 2.75) is 32.2 Å². The normalized spacial score (nSPS) is 13.2. The number of hydrogen-bond acceptors (Lipinski definition) is 2. The Morgan fingerprint density at radius 3 is 2.64 bits per heavy atom. The van der Waals surface area contributed by atoms with Gasteiger partial charge in [0.2, 0.25) is 5.91 Å². The molecular weight excluding hydrogens is 317 g/mol. The number of carbonyl (C=O) groups is 1. The number of fused-ring (bicyclic) bond motifs is 2. The number of likely N-dealkylation sites (N-methyl/N-ethyl adjacent to an activating group) is 1. The van der Waals surface area contributed by atoms with Crippen molar-refractivity contribution < 1.29 is 13.6 Å². The molecule has 0 saturated carbocycles. The lowest BCUT2D eigenvalue weighted by Gasteiger charge is -2.17. The third-order valence-electron chi connectivity index (χ3n) is 4.97. The van der Waals surface area contributed by atoms with Crippen LogP contribution in [-0.2, 0) is 30.6 Å². The molecule has 0 N–H and O–H groups in total. The molecule has 4 heteroatoms. The van der Waals surface area contributed by atoms with Gasteiger partial charge in [-0.3, -0.25) is 4.79 Å². The number of nitrogens with zero attached hydrogens (tertiary/aromatic N) is 1. The summed E-state index contributed by atoms with van der Waals surface area (Å²) in [5.41, 5.74) is 5.45. The molecule has 1 aliphatic rings. The third kappa shape index (κ3) is 3.16. The third-order valence-corrected chi connectivity index (χ3v) is 4.97. The molecule has 0 radical (unpaired) electrons. The molecular formula is C21H20FNO2. The van der Waals surface area contributed by atoms with E-state index in [0.29, 0.717) is 13.0 Å². The van der Waals surface area contributed by atoms with E-state index >= 15 is 0 Å². The van der Waals surface area contributed by atoms with Crippen molar-refractivity contribution in [1.29, 1.82) is 0 Å². The molecule has 4 rings (SSSR count). The van der Waals surface area contributed by atoms with E-state index in [1.54, 1.807) is 30.3 Å². The summed E-state index contributed by atoms with van der Waals surface area (Å²) in [5.74, 6) is -0.248. The molecule has 1 aromatic heterocycles. The highest BCUT2D eigenvalue weighted by atomic mass is 19.1. The standard InChI is InChI=1S/C21H20FNO2/c1-23(12-14-5-7-18(22)8-6-14)21(24)11-17-13-25-20-10-16-4-2-3-15(16)9-19(17)20/h5-10,13H,2-4,11-12H2,1H3. The maximum absolute atomic E-state index is 13.0. The smallest absolute Gasteiger partial charge is 0.227 e. The molecule has 0 saturated heterocycles. The summed E-state index contributed by atoms with van der Waals surface area (Å²) in [6.45, 7) is 0.463. The Morgan fingerprint density at radius 1 is 1.16 bits per heavy atom. The first-order valence-electron chi connectivity index (χ1n) is 8.60. The lowest BCUT2D eigenvalue weighted by atomic mass is 10.0. The van der Waals surface area contributed by atoms with Crippen molar-refractivity contribution in [1.82, 2.24) is 4.90 Å². The number of carbonyl (C=O) groups excluding carboxylic acids is 1. The molecule has 0 bridgehead atoms. The Balaban J connectivity index is 1.50. The minimum absolute atomic E-state index is 0.0209. The van der Waals surface area contributed by atoms with E-state index in [1.807, 2.05) is 0 Å². The van der Waals surface area contributed by atoms with Crippen molar-refractivity contribution in [3.8, 4) is 0 Å². The van der Waals surface area contributed by atoms with E-state index in [0.717, 1.165) is 34.9 Å². The van der Waals surface area contributed by atoms with Gasteiger partial charge >= 0.3 is 0 Å². The van der Waals surface area contributed by atoms with Gasteiger partial charge in [-0.25, -0.2) is 4.39 Å². The fourth-order valence-corrected chi connectivity index (χ4v) is 3.53. The molecule has 2 aromatic carbocycles. The zero-order chi connectivity index (χ0) is 17.4. The summed E-state index contributed by atoms with van der Waals surface area (Å²) in [4.78, 5) is 14.2. The van der Waals surface area contributed by atoms with E-state index in [1.165, 1.54) is 29.7 Å². The molecule has 1 amide bonds. The van der Waals surface area contributed by atoms with Gasteiger partial charge in [0.15, 0.2) is 0 Å². The van der Waals surface area contributed by atoms with Gasteiger partial charge in [-0.2, -0.15) is 0 Å². The maximum atomic E-state index is 13.0. The molecule has 25 heavy (non-hydrogen) atoms. The number of furan rings is 1. The lowest BCUT2D eigenvalue weighted by molar-refractivity contribution is -0.129. The van der Waals surface area contributed by atoms with Crippen LogP contribution in [0.2, 0.25) is 0 Å². The minimum Gasteiger partial charge on any atom is -0.464 e. The van der Waals surface area contributed by atoms with E-state index in [4.69, 9.17) is 4.42 Å². The van der Waals surface area contributed by atoms with Crippen LogP contribution < -0.4 is 0 Å². The summed E-state index contributed by atoms with van der Waals surface area (Å²) in [6.07, 6.45) is 5.42. The van der Waals surface area contributed by atoms with Gasteiger partial charge in [-0.15, -0.1) is 0 Å². The highest BCUT2D eigenvalue weighted by molar-refractivity contribution is 5.88. The molecule has 0 atom stereocenters. The van der Waals surface area contributed by atoms with Gasteiger partial charge in [-0.1, -0.05) is 12.1 Å². The second-order valence-electron chi connectivity index (χ2n) is 6.78. The van der Waals surface area contributed by atoms with E-state index < -0.39 is 0 Å². The molecule has 0 aliphatic heterocycles. The van der Waals surface area contributed by atoms with Crippen LogP contribution in [0.25, 0.3) is 11.0 Å². The van der Waals surface area contributed by atoms with Gasteiger partial charge in [0.1, 0.15) is 11.4 Å². The minimum atomic E-state index is -0.268. The first-order valence-corrected chi connectivity index (χ1v) is 8.60. The van der Waals surface area contributed by atoms with Gasteiger partial charge < -0.3 is 9.32 Å². The SMILES string of the molecule is CN(Cc1ccc(F)cc1)C(=O)Cc1coc2cc3c(cc12)CCC3. The Hall–Kier alpha value is -2.62. The van der Waals surface area contributed by atoms with Crippen molar-refractivity contribution in [2.24, 2.45) is 0 Å². The highest BCUT2D eigenvalue weighted by Gasteiger charge is 2.18. The summed E-state index contributed by atoms with van der Waals surface area (Å²) in [5, 5.41) is 1.05. The first-order chi connectivity index (χ1) is 12.1. The summed E-state index contributed by atoms with van der Waals surface area (Å²) < 4.78 is 18.7. The van der Waals surface area contributed by atoms with E-state index in [2.05, 4.69) is 12.1 Å². The van der Waals surface area contributed by atoms with Crippen molar-refractivity contribution in [3.05, 3.63) is 70.7 Å². The van der Waals surface area contributed by atoms with Gasteiger partial charge in [-0.05, 0) is 60.2 Å². The van der Waals surface area contributed by atoms with Crippen molar-refractivity contribution >= 4 is 16.9 Å². The highest BCUT2D eigenvalue weighted by Crippen LogP contribution is 2.30. The molecule has 0 spiro atoms. The molecule has 0 unspecified atom stereocenters. The molecule has 128 valence electrons. The second kappa shape index (κ2) is 6.36. The van der Waals surface area contributed by atoms with Crippen LogP contribution in [0.15, 0.2) is 47.1 Å². The number of hydrogen-bond donors (Lipinski definition) is 0. The average molecular weight is 337 g/mol. The zero-order valence-corrected chi connectivity index (χ0v) is 14.2. The topological polar surface area (TPSA) is 33.5 Å². The molecule has 0 fully saturated rings. The Labute approximate surface area is 146 Å². The van der Waals surface area contributed by atoms with Crippen LogP contribution in [0.4, 0.5) is 4.39 Å². The number of benzene rings is 2. The number of amides is 1. The maximum Gasteiger partial charge on any atom is 0.227 e. The number of rotatable bonds is 4. The van der Waals surface area contributed by atoms with Crippen LogP contribution in [0.5, 0.6) is 0 Å². The predicted octanol–water partition coefficient (Wildman–Crippen LogP) is 4.26. The summed E-state index contributed by atoms with van der Waals surface area (Å²) >= 11 is 0.